The van der Waals surface area contributed by atoms with Crippen LogP contribution in [0, 0.1) is 5.92 Å². The van der Waals surface area contributed by atoms with Gasteiger partial charge in [0.25, 0.3) is 5.91 Å². The number of hydrogen-bond acceptors (Lipinski definition) is 5. The van der Waals surface area contributed by atoms with Crippen molar-refractivity contribution in [2.75, 3.05) is 26.7 Å². The molecular weight excluding hydrogens is 450 g/mol. The molecule has 2 aromatic carbocycles. The summed E-state index contributed by atoms with van der Waals surface area (Å²) < 4.78 is 6.42. The van der Waals surface area contributed by atoms with Crippen LogP contribution in [0.15, 0.2) is 72.9 Å². The highest BCUT2D eigenvalue weighted by molar-refractivity contribution is 5.97. The van der Waals surface area contributed by atoms with Crippen LogP contribution in [0.4, 0.5) is 0 Å². The fourth-order valence-electron chi connectivity index (χ4n) is 4.45. The third kappa shape index (κ3) is 6.39. The molecule has 1 aromatic heterocycles. The van der Waals surface area contributed by atoms with E-state index in [1.165, 1.54) is 5.56 Å². The Balaban J connectivity index is 1.61. The first-order chi connectivity index (χ1) is 17.4. The Morgan fingerprint density at radius 3 is 2.47 bits per heavy atom. The van der Waals surface area contributed by atoms with E-state index < -0.39 is 0 Å². The van der Waals surface area contributed by atoms with Crippen molar-refractivity contribution in [1.29, 1.82) is 0 Å². The molecule has 4 rings (SSSR count). The predicted molar refractivity (Wildman–Crippen MR) is 144 cm³/mol. The molecule has 2 heterocycles. The van der Waals surface area contributed by atoms with Crippen LogP contribution in [0.5, 0.6) is 5.88 Å². The minimum atomic E-state index is -0.308. The van der Waals surface area contributed by atoms with Gasteiger partial charge in [-0.3, -0.25) is 9.69 Å². The molecule has 0 unspecified atom stereocenters. The van der Waals surface area contributed by atoms with E-state index in [1.807, 2.05) is 73.7 Å². The highest BCUT2D eigenvalue weighted by Crippen LogP contribution is 2.28. The van der Waals surface area contributed by atoms with Gasteiger partial charge in [-0.15, -0.1) is 0 Å². The van der Waals surface area contributed by atoms with E-state index in [4.69, 9.17) is 4.74 Å². The Morgan fingerprint density at radius 2 is 1.78 bits per heavy atom. The van der Waals surface area contributed by atoms with Crippen LogP contribution >= 0.6 is 0 Å². The minimum Gasteiger partial charge on any atom is -0.472 e. The first kappa shape index (κ1) is 25.6. The van der Waals surface area contributed by atoms with Gasteiger partial charge in [-0.2, -0.15) is 0 Å². The van der Waals surface area contributed by atoms with Crippen LogP contribution in [0.2, 0.25) is 0 Å². The SMILES string of the molecule is C[C@H]1CN([C@@H](C)CO)C(=O)c2cc(/C=C/c3ccccc3)cnc2O[C@@H]1CN(C)Cc1ccccc1. The Labute approximate surface area is 213 Å². The Hall–Kier alpha value is -3.48. The molecule has 0 fully saturated rings. The average Bonchev–Trinajstić information content (AvgIpc) is 2.90. The lowest BCUT2D eigenvalue weighted by molar-refractivity contribution is 0.0325. The second-order valence-electron chi connectivity index (χ2n) is 9.67. The van der Waals surface area contributed by atoms with Gasteiger partial charge in [0.05, 0.1) is 12.6 Å². The summed E-state index contributed by atoms with van der Waals surface area (Å²) >= 11 is 0. The molecule has 1 aliphatic rings. The molecule has 1 aliphatic heterocycles. The highest BCUT2D eigenvalue weighted by Gasteiger charge is 2.34. The summed E-state index contributed by atoms with van der Waals surface area (Å²) in [5.41, 5.74) is 3.54. The molecule has 1 amide bonds. The number of benzene rings is 2. The van der Waals surface area contributed by atoms with E-state index in [1.54, 1.807) is 11.1 Å². The molecule has 1 N–H and O–H groups in total. The number of aliphatic hydroxyl groups excluding tert-OH is 1. The van der Waals surface area contributed by atoms with Crippen molar-refractivity contribution in [1.82, 2.24) is 14.8 Å². The molecule has 0 saturated carbocycles. The van der Waals surface area contributed by atoms with Crippen LogP contribution in [-0.4, -0.2) is 64.7 Å². The van der Waals surface area contributed by atoms with Crippen LogP contribution in [0.1, 0.15) is 40.9 Å². The number of aliphatic hydroxyl groups is 1. The first-order valence-corrected chi connectivity index (χ1v) is 12.5. The van der Waals surface area contributed by atoms with Gasteiger partial charge in [-0.1, -0.05) is 79.7 Å². The summed E-state index contributed by atoms with van der Waals surface area (Å²) in [5.74, 6) is 0.224. The molecule has 0 bridgehead atoms. The fraction of sp³-hybridized carbons (Fsp3) is 0.333. The van der Waals surface area contributed by atoms with E-state index in [2.05, 4.69) is 36.0 Å². The number of ether oxygens (including phenoxy) is 1. The van der Waals surface area contributed by atoms with E-state index in [0.717, 1.165) is 17.7 Å². The van der Waals surface area contributed by atoms with Gasteiger partial charge in [0.1, 0.15) is 11.7 Å². The van der Waals surface area contributed by atoms with Gasteiger partial charge in [-0.05, 0) is 36.7 Å². The van der Waals surface area contributed by atoms with Crippen molar-refractivity contribution < 1.29 is 14.6 Å². The standard InChI is InChI=1S/C30H35N3O3/c1-22-18-33(23(2)21-34)30(35)27-16-26(15-14-24-10-6-4-7-11-24)17-31-29(27)36-28(22)20-32(3)19-25-12-8-5-9-13-25/h4-17,22-23,28,34H,18-21H2,1-3H3/b15-14+/t22-,23-,28+/m0/s1. The molecule has 0 spiro atoms. The monoisotopic (exact) mass is 485 g/mol. The largest absolute Gasteiger partial charge is 0.472 e. The zero-order valence-electron chi connectivity index (χ0n) is 21.2. The van der Waals surface area contributed by atoms with Crippen molar-refractivity contribution in [2.24, 2.45) is 5.92 Å². The molecule has 0 aliphatic carbocycles. The zero-order valence-corrected chi connectivity index (χ0v) is 21.2. The van der Waals surface area contributed by atoms with Crippen molar-refractivity contribution in [3.05, 3.63) is 95.2 Å². The lowest BCUT2D eigenvalue weighted by Crippen LogP contribution is -2.49. The molecule has 3 atom stereocenters. The van der Waals surface area contributed by atoms with Gasteiger partial charge in [-0.25, -0.2) is 4.98 Å². The minimum absolute atomic E-state index is 0.0498. The quantitative estimate of drug-likeness (QED) is 0.505. The highest BCUT2D eigenvalue weighted by atomic mass is 16.5. The molecule has 188 valence electrons. The number of carbonyl (C=O) groups is 1. The summed E-state index contributed by atoms with van der Waals surface area (Å²) in [6, 6.07) is 21.9. The normalized spacial score (nSPS) is 19.0. The van der Waals surface area contributed by atoms with Crippen LogP contribution in [0.3, 0.4) is 0 Å². The molecule has 36 heavy (non-hydrogen) atoms. The van der Waals surface area contributed by atoms with E-state index >= 15 is 0 Å². The maximum absolute atomic E-state index is 13.6. The summed E-state index contributed by atoms with van der Waals surface area (Å²) in [5, 5.41) is 9.88. The Morgan fingerprint density at radius 1 is 1.11 bits per heavy atom. The number of nitrogens with zero attached hydrogens (tertiary/aromatic N) is 3. The van der Waals surface area contributed by atoms with Crippen molar-refractivity contribution >= 4 is 18.1 Å². The van der Waals surface area contributed by atoms with Gasteiger partial charge in [0.2, 0.25) is 5.88 Å². The zero-order chi connectivity index (χ0) is 25.5. The number of hydrogen-bond donors (Lipinski definition) is 1. The van der Waals surface area contributed by atoms with Gasteiger partial charge < -0.3 is 14.7 Å². The summed E-state index contributed by atoms with van der Waals surface area (Å²) in [6.45, 7) is 5.83. The maximum atomic E-state index is 13.6. The lowest BCUT2D eigenvalue weighted by Gasteiger charge is -2.37. The fourth-order valence-corrected chi connectivity index (χ4v) is 4.45. The lowest BCUT2D eigenvalue weighted by atomic mass is 9.99. The summed E-state index contributed by atoms with van der Waals surface area (Å²) in [4.78, 5) is 22.2. The third-order valence-electron chi connectivity index (χ3n) is 6.60. The Bertz CT molecular complexity index is 1170. The van der Waals surface area contributed by atoms with Crippen molar-refractivity contribution in [3.8, 4) is 5.88 Å². The predicted octanol–water partition coefficient (Wildman–Crippen LogP) is 4.60. The van der Waals surface area contributed by atoms with E-state index in [0.29, 0.717) is 24.5 Å². The molecule has 6 nitrogen and oxygen atoms in total. The summed E-state index contributed by atoms with van der Waals surface area (Å²) in [6.07, 6.45) is 5.51. The molecule has 0 saturated heterocycles. The van der Waals surface area contributed by atoms with Gasteiger partial charge >= 0.3 is 0 Å². The molecule has 6 heteroatoms. The first-order valence-electron chi connectivity index (χ1n) is 12.5. The van der Waals surface area contributed by atoms with Gasteiger partial charge in [0, 0.05) is 31.7 Å². The number of rotatable bonds is 8. The number of likely N-dealkylation sites (N-methyl/N-ethyl adjacent to an activating group) is 1. The van der Waals surface area contributed by atoms with Crippen LogP contribution < -0.4 is 4.74 Å². The molecular formula is C30H35N3O3. The molecule has 0 radical (unpaired) electrons. The second kappa shape index (κ2) is 12.0. The number of carbonyl (C=O) groups excluding carboxylic acids is 1. The number of fused-ring (bicyclic) bond motifs is 1. The van der Waals surface area contributed by atoms with Crippen LogP contribution in [0.25, 0.3) is 12.2 Å². The van der Waals surface area contributed by atoms with Crippen molar-refractivity contribution in [2.45, 2.75) is 32.5 Å². The Kier molecular flexibility index (Phi) is 8.52. The average molecular weight is 486 g/mol. The number of amides is 1. The maximum Gasteiger partial charge on any atom is 0.259 e. The van der Waals surface area contributed by atoms with E-state index in [9.17, 15) is 9.90 Å². The van der Waals surface area contributed by atoms with Crippen molar-refractivity contribution in [3.63, 3.8) is 0 Å². The van der Waals surface area contributed by atoms with E-state index in [-0.39, 0.29) is 30.6 Å². The summed E-state index contributed by atoms with van der Waals surface area (Å²) in [7, 11) is 2.08. The number of aromatic nitrogens is 1. The molecule has 3 aromatic rings. The third-order valence-corrected chi connectivity index (χ3v) is 6.60. The smallest absolute Gasteiger partial charge is 0.259 e. The topological polar surface area (TPSA) is 65.9 Å². The van der Waals surface area contributed by atoms with Gasteiger partial charge in [0.15, 0.2) is 0 Å². The number of pyridine rings is 1. The van der Waals surface area contributed by atoms with Crippen LogP contribution in [-0.2, 0) is 6.54 Å². The second-order valence-corrected chi connectivity index (χ2v) is 9.67.